The third-order valence-corrected chi connectivity index (χ3v) is 3.09. The van der Waals surface area contributed by atoms with Gasteiger partial charge < -0.3 is 4.74 Å². The fourth-order valence-electron chi connectivity index (χ4n) is 1.53. The van der Waals surface area contributed by atoms with Crippen molar-refractivity contribution in [3.05, 3.63) is 0 Å². The second-order valence-corrected chi connectivity index (χ2v) is 11.4. The number of rotatable bonds is 10. The predicted molar refractivity (Wildman–Crippen MR) is 82.9 cm³/mol. The maximum Gasteiger partial charge on any atom is 0.158 e. The molecule has 0 rings (SSSR count). The topological polar surface area (TPSA) is 9.23 Å². The van der Waals surface area contributed by atoms with Crippen molar-refractivity contribution < 1.29 is 4.74 Å². The van der Waals surface area contributed by atoms with E-state index in [1.807, 2.05) is 0 Å². The fraction of sp³-hybridized carbons (Fsp3) is 1.00. The third kappa shape index (κ3) is 15.4. The molecule has 0 fully saturated rings. The van der Waals surface area contributed by atoms with Gasteiger partial charge in [0.1, 0.15) is 0 Å². The van der Waals surface area contributed by atoms with Crippen LogP contribution in [0, 0.1) is 0 Å². The van der Waals surface area contributed by atoms with E-state index in [9.17, 15) is 0 Å². The molecule has 0 saturated heterocycles. The Morgan fingerprint density at radius 1 is 0.812 bits per heavy atom. The summed E-state index contributed by atoms with van der Waals surface area (Å²) in [6.45, 7) is 3.76. The zero-order valence-corrected chi connectivity index (χ0v) is 14.9. The summed E-state index contributed by atoms with van der Waals surface area (Å²) in [5.74, 6) is 0. The van der Waals surface area contributed by atoms with Crippen molar-refractivity contribution in [2.24, 2.45) is 0 Å². The molecule has 0 heterocycles. The van der Waals surface area contributed by atoms with E-state index >= 15 is 0 Å². The molecule has 0 radical (unpaired) electrons. The SMILES string of the molecule is CCCCCCCCCCOCC(Br)(Br)Br. The van der Waals surface area contributed by atoms with E-state index in [0.29, 0.717) is 6.61 Å². The second-order valence-electron chi connectivity index (χ2n) is 4.14. The molecule has 0 unspecified atom stereocenters. The highest BCUT2D eigenvalue weighted by molar-refractivity contribution is 9.39. The van der Waals surface area contributed by atoms with Gasteiger partial charge in [-0.25, -0.2) is 0 Å². The molecule has 4 heteroatoms. The molecule has 0 spiro atoms. The van der Waals surface area contributed by atoms with Gasteiger partial charge in [-0.05, 0) is 6.42 Å². The first kappa shape index (κ1) is 17.4. The van der Waals surface area contributed by atoms with Crippen molar-refractivity contribution in [1.29, 1.82) is 0 Å². The van der Waals surface area contributed by atoms with Gasteiger partial charge in [0, 0.05) is 6.61 Å². The van der Waals surface area contributed by atoms with Crippen LogP contribution in [0.15, 0.2) is 0 Å². The van der Waals surface area contributed by atoms with Gasteiger partial charge in [0.15, 0.2) is 2.14 Å². The van der Waals surface area contributed by atoms with Gasteiger partial charge in [-0.2, -0.15) is 0 Å². The summed E-state index contributed by atoms with van der Waals surface area (Å²) in [4.78, 5) is 0. The summed E-state index contributed by atoms with van der Waals surface area (Å²) in [6, 6.07) is 0. The Labute approximate surface area is 125 Å². The first-order chi connectivity index (χ1) is 7.56. The highest BCUT2D eigenvalue weighted by Crippen LogP contribution is 2.33. The summed E-state index contributed by atoms with van der Waals surface area (Å²) in [5, 5.41) is 0. The van der Waals surface area contributed by atoms with Crippen LogP contribution in [0.3, 0.4) is 0 Å². The molecule has 0 aromatic carbocycles. The Morgan fingerprint density at radius 3 is 1.81 bits per heavy atom. The van der Waals surface area contributed by atoms with E-state index in [-0.39, 0.29) is 2.14 Å². The van der Waals surface area contributed by atoms with Gasteiger partial charge in [-0.3, -0.25) is 0 Å². The Balaban J connectivity index is 2.99. The van der Waals surface area contributed by atoms with Gasteiger partial charge in [0.25, 0.3) is 0 Å². The average molecular weight is 423 g/mol. The lowest BCUT2D eigenvalue weighted by Gasteiger charge is -2.12. The third-order valence-electron chi connectivity index (χ3n) is 2.41. The van der Waals surface area contributed by atoms with Crippen LogP contribution < -0.4 is 0 Å². The number of ether oxygens (including phenoxy) is 1. The molecular weight excluding hydrogens is 400 g/mol. The van der Waals surface area contributed by atoms with Gasteiger partial charge in [-0.15, -0.1) is 0 Å². The summed E-state index contributed by atoms with van der Waals surface area (Å²) in [5.41, 5.74) is 0. The number of unbranched alkanes of at least 4 members (excludes halogenated alkanes) is 7. The number of hydrogen-bond donors (Lipinski definition) is 0. The molecule has 0 aliphatic carbocycles. The maximum atomic E-state index is 5.50. The van der Waals surface area contributed by atoms with Crippen molar-refractivity contribution in [1.82, 2.24) is 0 Å². The van der Waals surface area contributed by atoms with Crippen LogP contribution in [0.2, 0.25) is 0 Å². The zero-order chi connectivity index (χ0) is 12.3. The highest BCUT2D eigenvalue weighted by Gasteiger charge is 2.16. The van der Waals surface area contributed by atoms with Crippen LogP contribution in [0.4, 0.5) is 0 Å². The Kier molecular flexibility index (Phi) is 12.5. The lowest BCUT2D eigenvalue weighted by molar-refractivity contribution is 0.140. The summed E-state index contributed by atoms with van der Waals surface area (Å²) >= 11 is 10.2. The van der Waals surface area contributed by atoms with Gasteiger partial charge in [-0.1, -0.05) is 99.7 Å². The lowest BCUT2D eigenvalue weighted by Crippen LogP contribution is -2.11. The van der Waals surface area contributed by atoms with Crippen LogP contribution in [0.5, 0.6) is 0 Å². The molecule has 0 saturated carbocycles. The maximum absolute atomic E-state index is 5.50. The minimum atomic E-state index is -0.243. The molecule has 0 aliphatic rings. The number of alkyl halides is 3. The molecule has 16 heavy (non-hydrogen) atoms. The molecule has 0 N–H and O–H groups in total. The quantitative estimate of drug-likeness (QED) is 0.310. The molecule has 0 atom stereocenters. The minimum Gasteiger partial charge on any atom is -0.378 e. The van der Waals surface area contributed by atoms with Crippen molar-refractivity contribution in [2.75, 3.05) is 13.2 Å². The van der Waals surface area contributed by atoms with Crippen LogP contribution in [0.1, 0.15) is 58.3 Å². The number of hydrogen-bond acceptors (Lipinski definition) is 1. The van der Waals surface area contributed by atoms with Gasteiger partial charge in [0.2, 0.25) is 0 Å². The van der Waals surface area contributed by atoms with E-state index in [2.05, 4.69) is 54.7 Å². The summed E-state index contributed by atoms with van der Waals surface area (Å²) in [7, 11) is 0. The van der Waals surface area contributed by atoms with E-state index < -0.39 is 0 Å². The standard InChI is InChI=1S/C12H23Br3O/c1-2-3-4-5-6-7-8-9-10-16-11-12(13,14)15/h2-11H2,1H3. The highest BCUT2D eigenvalue weighted by atomic mass is 80.0. The molecule has 0 bridgehead atoms. The Morgan fingerprint density at radius 2 is 1.31 bits per heavy atom. The van der Waals surface area contributed by atoms with Crippen LogP contribution in [-0.4, -0.2) is 15.4 Å². The summed E-state index contributed by atoms with van der Waals surface area (Å²) < 4.78 is 5.26. The van der Waals surface area contributed by atoms with Gasteiger partial charge in [0.05, 0.1) is 6.61 Å². The molecular formula is C12H23Br3O. The molecule has 1 nitrogen and oxygen atoms in total. The average Bonchev–Trinajstić information content (AvgIpc) is 2.19. The van der Waals surface area contributed by atoms with E-state index in [1.54, 1.807) is 0 Å². The first-order valence-corrected chi connectivity index (χ1v) is 8.58. The monoisotopic (exact) mass is 420 g/mol. The predicted octanol–water partition coefficient (Wildman–Crippen LogP) is 5.98. The molecule has 0 aliphatic heterocycles. The van der Waals surface area contributed by atoms with E-state index in [0.717, 1.165) is 6.61 Å². The Bertz CT molecular complexity index is 146. The smallest absolute Gasteiger partial charge is 0.158 e. The molecule has 0 amide bonds. The van der Waals surface area contributed by atoms with Crippen molar-refractivity contribution in [3.63, 3.8) is 0 Å². The number of halogens is 3. The largest absolute Gasteiger partial charge is 0.378 e. The van der Waals surface area contributed by atoms with E-state index in [4.69, 9.17) is 4.74 Å². The lowest BCUT2D eigenvalue weighted by atomic mass is 10.1. The molecule has 0 aromatic rings. The van der Waals surface area contributed by atoms with Gasteiger partial charge >= 0.3 is 0 Å². The van der Waals surface area contributed by atoms with Crippen LogP contribution in [-0.2, 0) is 4.74 Å². The van der Waals surface area contributed by atoms with Crippen molar-refractivity contribution >= 4 is 47.8 Å². The van der Waals surface area contributed by atoms with Crippen molar-refractivity contribution in [2.45, 2.75) is 60.4 Å². The van der Waals surface area contributed by atoms with Crippen LogP contribution in [0.25, 0.3) is 0 Å². The summed E-state index contributed by atoms with van der Waals surface area (Å²) in [6.07, 6.45) is 10.8. The normalized spacial score (nSPS) is 12.0. The Hall–Kier alpha value is 1.40. The fourth-order valence-corrected chi connectivity index (χ4v) is 2.01. The van der Waals surface area contributed by atoms with Crippen LogP contribution >= 0.6 is 47.8 Å². The van der Waals surface area contributed by atoms with Crippen molar-refractivity contribution in [3.8, 4) is 0 Å². The molecule has 0 aromatic heterocycles. The van der Waals surface area contributed by atoms with E-state index in [1.165, 1.54) is 51.4 Å². The zero-order valence-electron chi connectivity index (χ0n) is 10.1. The second kappa shape index (κ2) is 11.5. The minimum absolute atomic E-state index is 0.243. The molecule has 98 valence electrons. The first-order valence-electron chi connectivity index (χ1n) is 6.20.